The standard InChI is InChI=1S/C40H22N4O2S/c1-3-11-23(12-4-1)37-42-38(24-13-5-2-6-14-24)44-39(43-37)26-16-10-20-33-36(26)28-21-29-32(22-34(28)47-33)46-40(41-29)27-17-9-19-31-35(27)25-15-7-8-18-30(25)45-31/h1-22H. The Kier molecular flexibility index (Phi) is 5.64. The second kappa shape index (κ2) is 10.2. The molecule has 47 heavy (non-hydrogen) atoms. The maximum absolute atomic E-state index is 6.45. The van der Waals surface area contributed by atoms with Gasteiger partial charge < -0.3 is 8.83 Å². The number of oxazole rings is 1. The van der Waals surface area contributed by atoms with Gasteiger partial charge in [-0.05, 0) is 30.3 Å². The van der Waals surface area contributed by atoms with Crippen LogP contribution in [0.1, 0.15) is 0 Å². The van der Waals surface area contributed by atoms with Crippen LogP contribution in [-0.4, -0.2) is 19.9 Å². The molecule has 220 valence electrons. The van der Waals surface area contributed by atoms with E-state index in [0.717, 1.165) is 75.5 Å². The normalized spacial score (nSPS) is 11.8. The Hall–Kier alpha value is -6.18. The predicted molar refractivity (Wildman–Crippen MR) is 189 cm³/mol. The molecule has 0 saturated carbocycles. The lowest BCUT2D eigenvalue weighted by Gasteiger charge is -2.09. The summed E-state index contributed by atoms with van der Waals surface area (Å²) < 4.78 is 14.8. The summed E-state index contributed by atoms with van der Waals surface area (Å²) in [7, 11) is 0. The van der Waals surface area contributed by atoms with Gasteiger partial charge in [-0.3, -0.25) is 0 Å². The Bertz CT molecular complexity index is 2740. The first kappa shape index (κ1) is 26.1. The van der Waals surface area contributed by atoms with E-state index in [1.807, 2.05) is 97.1 Å². The molecule has 6 aromatic carbocycles. The van der Waals surface area contributed by atoms with Crippen molar-refractivity contribution < 1.29 is 8.83 Å². The molecule has 4 heterocycles. The summed E-state index contributed by atoms with van der Waals surface area (Å²) in [5, 5.41) is 4.22. The molecule has 10 rings (SSSR count). The molecule has 0 bridgehead atoms. The maximum atomic E-state index is 6.45. The number of hydrogen-bond acceptors (Lipinski definition) is 7. The van der Waals surface area contributed by atoms with Crippen molar-refractivity contribution >= 4 is 64.5 Å². The Balaban J connectivity index is 1.18. The van der Waals surface area contributed by atoms with Crippen molar-refractivity contribution in [2.75, 3.05) is 0 Å². The highest BCUT2D eigenvalue weighted by molar-refractivity contribution is 7.26. The molecule has 0 aliphatic heterocycles. The molecule has 0 N–H and O–H groups in total. The lowest BCUT2D eigenvalue weighted by atomic mass is 10.0. The van der Waals surface area contributed by atoms with Gasteiger partial charge in [0, 0.05) is 59.3 Å². The van der Waals surface area contributed by atoms with E-state index in [2.05, 4.69) is 36.4 Å². The summed E-state index contributed by atoms with van der Waals surface area (Å²) >= 11 is 1.72. The van der Waals surface area contributed by atoms with Crippen LogP contribution in [0.2, 0.25) is 0 Å². The molecule has 0 aliphatic carbocycles. The smallest absolute Gasteiger partial charge is 0.228 e. The number of fused-ring (bicyclic) bond motifs is 7. The van der Waals surface area contributed by atoms with E-state index in [-0.39, 0.29) is 0 Å². The number of furan rings is 1. The zero-order valence-corrected chi connectivity index (χ0v) is 25.5. The van der Waals surface area contributed by atoms with E-state index in [0.29, 0.717) is 23.4 Å². The van der Waals surface area contributed by atoms with Crippen molar-refractivity contribution in [2.45, 2.75) is 0 Å². The summed E-state index contributed by atoms with van der Waals surface area (Å²) in [4.78, 5) is 20.0. The van der Waals surface area contributed by atoms with Gasteiger partial charge in [0.05, 0.1) is 0 Å². The molecule has 0 atom stereocenters. The second-order valence-corrected chi connectivity index (χ2v) is 12.5. The lowest BCUT2D eigenvalue weighted by Crippen LogP contribution is -2.00. The molecule has 7 heteroatoms. The molecule has 0 spiro atoms. The molecule has 10 aromatic rings. The van der Waals surface area contributed by atoms with Crippen LogP contribution in [0.4, 0.5) is 0 Å². The average molecular weight is 623 g/mol. The molecule has 0 aliphatic rings. The Labute approximate surface area is 271 Å². The van der Waals surface area contributed by atoms with E-state index in [1.165, 1.54) is 0 Å². The second-order valence-electron chi connectivity index (χ2n) is 11.4. The minimum Gasteiger partial charge on any atom is -0.456 e. The molecule has 0 unspecified atom stereocenters. The minimum absolute atomic E-state index is 0.566. The van der Waals surface area contributed by atoms with E-state index in [9.17, 15) is 0 Å². The molecule has 0 fully saturated rings. The van der Waals surface area contributed by atoms with Gasteiger partial charge in [0.2, 0.25) is 5.89 Å². The first-order chi connectivity index (χ1) is 23.3. The number of thiophene rings is 1. The van der Waals surface area contributed by atoms with Crippen molar-refractivity contribution in [3.05, 3.63) is 133 Å². The van der Waals surface area contributed by atoms with Crippen LogP contribution in [-0.2, 0) is 0 Å². The van der Waals surface area contributed by atoms with Crippen LogP contribution >= 0.6 is 11.3 Å². The molecule has 0 saturated heterocycles. The van der Waals surface area contributed by atoms with Crippen molar-refractivity contribution in [3.63, 3.8) is 0 Å². The summed E-state index contributed by atoms with van der Waals surface area (Å²) in [5.74, 6) is 2.46. The van der Waals surface area contributed by atoms with Gasteiger partial charge in [0.25, 0.3) is 0 Å². The van der Waals surface area contributed by atoms with Crippen LogP contribution < -0.4 is 0 Å². The summed E-state index contributed by atoms with van der Waals surface area (Å²) in [6.07, 6.45) is 0. The monoisotopic (exact) mass is 622 g/mol. The van der Waals surface area contributed by atoms with Crippen molar-refractivity contribution in [3.8, 4) is 45.6 Å². The number of nitrogens with zero attached hydrogens (tertiary/aromatic N) is 4. The first-order valence-corrected chi connectivity index (χ1v) is 16.1. The summed E-state index contributed by atoms with van der Waals surface area (Å²) in [6.45, 7) is 0. The topological polar surface area (TPSA) is 77.8 Å². The lowest BCUT2D eigenvalue weighted by molar-refractivity contribution is 0.620. The van der Waals surface area contributed by atoms with E-state index < -0.39 is 0 Å². The molecular weight excluding hydrogens is 601 g/mol. The molecule has 6 nitrogen and oxygen atoms in total. The van der Waals surface area contributed by atoms with Gasteiger partial charge in [0.15, 0.2) is 23.1 Å². The first-order valence-electron chi connectivity index (χ1n) is 15.3. The number of aromatic nitrogens is 4. The van der Waals surface area contributed by atoms with Gasteiger partial charge in [0.1, 0.15) is 16.7 Å². The van der Waals surface area contributed by atoms with Gasteiger partial charge in [-0.2, -0.15) is 0 Å². The number of hydrogen-bond donors (Lipinski definition) is 0. The summed E-state index contributed by atoms with van der Waals surface area (Å²) in [6, 6.07) is 44.7. The van der Waals surface area contributed by atoms with Gasteiger partial charge in [-0.15, -0.1) is 11.3 Å². The van der Waals surface area contributed by atoms with Crippen LogP contribution in [0.25, 0.3) is 98.8 Å². The van der Waals surface area contributed by atoms with Crippen molar-refractivity contribution in [2.24, 2.45) is 0 Å². The van der Waals surface area contributed by atoms with E-state index in [1.54, 1.807) is 11.3 Å². The number of benzene rings is 6. The van der Waals surface area contributed by atoms with Crippen LogP contribution in [0.3, 0.4) is 0 Å². The Morgan fingerprint density at radius 2 is 1.09 bits per heavy atom. The van der Waals surface area contributed by atoms with Crippen molar-refractivity contribution in [1.29, 1.82) is 0 Å². The number of para-hydroxylation sites is 1. The fraction of sp³-hybridized carbons (Fsp3) is 0. The fourth-order valence-corrected chi connectivity index (χ4v) is 7.57. The zero-order chi connectivity index (χ0) is 30.9. The fourth-order valence-electron chi connectivity index (χ4n) is 6.43. The molecule has 4 aromatic heterocycles. The third-order valence-corrected chi connectivity index (χ3v) is 9.70. The quantitative estimate of drug-likeness (QED) is 0.194. The van der Waals surface area contributed by atoms with Crippen LogP contribution in [0.15, 0.2) is 142 Å². The van der Waals surface area contributed by atoms with E-state index >= 15 is 0 Å². The van der Waals surface area contributed by atoms with Gasteiger partial charge in [-0.1, -0.05) is 97.1 Å². The van der Waals surface area contributed by atoms with Crippen LogP contribution in [0.5, 0.6) is 0 Å². The number of rotatable bonds is 4. The highest BCUT2D eigenvalue weighted by Gasteiger charge is 2.20. The Morgan fingerprint density at radius 3 is 1.87 bits per heavy atom. The van der Waals surface area contributed by atoms with E-state index in [4.69, 9.17) is 28.8 Å². The molecule has 0 amide bonds. The Morgan fingerprint density at radius 1 is 0.426 bits per heavy atom. The molecule has 0 radical (unpaired) electrons. The van der Waals surface area contributed by atoms with Gasteiger partial charge >= 0.3 is 0 Å². The molecular formula is C40H22N4O2S. The highest BCUT2D eigenvalue weighted by atomic mass is 32.1. The third-order valence-electron chi connectivity index (χ3n) is 8.58. The highest BCUT2D eigenvalue weighted by Crippen LogP contribution is 2.43. The average Bonchev–Trinajstić information content (AvgIpc) is 3.83. The largest absolute Gasteiger partial charge is 0.456 e. The third kappa shape index (κ3) is 4.17. The predicted octanol–water partition coefficient (Wildman–Crippen LogP) is 10.9. The van der Waals surface area contributed by atoms with Crippen molar-refractivity contribution in [1.82, 2.24) is 19.9 Å². The van der Waals surface area contributed by atoms with Gasteiger partial charge in [-0.25, -0.2) is 19.9 Å². The van der Waals surface area contributed by atoms with Crippen LogP contribution in [0, 0.1) is 0 Å². The maximum Gasteiger partial charge on any atom is 0.228 e. The summed E-state index contributed by atoms with van der Waals surface area (Å²) in [5.41, 5.74) is 6.91. The zero-order valence-electron chi connectivity index (χ0n) is 24.7. The minimum atomic E-state index is 0.566. The SMILES string of the molecule is c1ccc(-c2nc(-c3ccccc3)nc(-c3cccc4sc5cc6oc(-c7cccc8oc9ccccc9c78)nc6cc5c34)n2)cc1.